The number of hydrogen-bond acceptors (Lipinski definition) is 4. The average Bonchev–Trinajstić information content (AvgIpc) is 2.99. The van der Waals surface area contributed by atoms with Crippen LogP contribution in [0.3, 0.4) is 0 Å². The van der Waals surface area contributed by atoms with E-state index in [9.17, 15) is 4.79 Å². The predicted molar refractivity (Wildman–Crippen MR) is 83.8 cm³/mol. The van der Waals surface area contributed by atoms with Gasteiger partial charge in [-0.1, -0.05) is 12.1 Å². The Bertz CT molecular complexity index is 426. The monoisotopic (exact) mass is 293 g/mol. The van der Waals surface area contributed by atoms with Crippen molar-refractivity contribution in [2.75, 3.05) is 32.7 Å². The molecule has 2 rings (SSSR count). The number of nitrogens with one attached hydrogen (secondary N) is 1. The zero-order chi connectivity index (χ0) is 14.4. The molecule has 1 N–H and O–H groups in total. The van der Waals surface area contributed by atoms with Gasteiger partial charge in [-0.2, -0.15) is 0 Å². The smallest absolute Gasteiger partial charge is 0.240 e. The highest BCUT2D eigenvalue weighted by molar-refractivity contribution is 7.09. The number of piperazine rings is 1. The van der Waals surface area contributed by atoms with Crippen molar-refractivity contribution in [3.05, 3.63) is 35.0 Å². The summed E-state index contributed by atoms with van der Waals surface area (Å²) in [5.41, 5.74) is 0. The topological polar surface area (TPSA) is 35.6 Å². The number of carbonyl (C=O) groups excluding carboxylic acids is 1. The molecular formula is C15H23N3OS. The van der Waals surface area contributed by atoms with Gasteiger partial charge in [0, 0.05) is 37.6 Å². The number of nitrogens with zero attached hydrogens (tertiary/aromatic N) is 2. The summed E-state index contributed by atoms with van der Waals surface area (Å²) in [4.78, 5) is 18.0. The second-order valence-electron chi connectivity index (χ2n) is 5.05. The maximum Gasteiger partial charge on any atom is 0.240 e. The summed E-state index contributed by atoms with van der Waals surface area (Å²) in [6.07, 6.45) is 1.80. The van der Waals surface area contributed by atoms with Gasteiger partial charge >= 0.3 is 0 Å². The first-order valence-electron chi connectivity index (χ1n) is 7.09. The summed E-state index contributed by atoms with van der Waals surface area (Å²) in [6, 6.07) is 4.04. The van der Waals surface area contributed by atoms with Crippen molar-refractivity contribution >= 4 is 17.2 Å². The Labute approximate surface area is 125 Å². The van der Waals surface area contributed by atoms with Gasteiger partial charge in [0.2, 0.25) is 5.91 Å². The largest absolute Gasteiger partial charge is 0.332 e. The Morgan fingerprint density at radius 2 is 2.35 bits per heavy atom. The molecule has 0 aliphatic carbocycles. The van der Waals surface area contributed by atoms with Crippen LogP contribution in [-0.2, 0) is 11.3 Å². The Hall–Kier alpha value is -1.17. The normalized spacial score (nSPS) is 17.6. The van der Waals surface area contributed by atoms with Crippen molar-refractivity contribution in [1.29, 1.82) is 0 Å². The third-order valence-corrected chi connectivity index (χ3v) is 4.51. The molecule has 2 heterocycles. The minimum Gasteiger partial charge on any atom is -0.332 e. The molecule has 0 saturated carbocycles. The van der Waals surface area contributed by atoms with E-state index < -0.39 is 0 Å². The number of rotatable bonds is 6. The number of carbonyl (C=O) groups is 1. The molecule has 1 fully saturated rings. The first kappa shape index (κ1) is 15.2. The lowest BCUT2D eigenvalue weighted by molar-refractivity contribution is -0.136. The molecule has 1 aromatic heterocycles. The first-order chi connectivity index (χ1) is 9.72. The quantitative estimate of drug-likeness (QED) is 0.809. The van der Waals surface area contributed by atoms with Crippen LogP contribution in [-0.4, -0.2) is 54.5 Å². The highest BCUT2D eigenvalue weighted by atomic mass is 32.1. The van der Waals surface area contributed by atoms with Crippen molar-refractivity contribution in [3.63, 3.8) is 0 Å². The molecule has 0 spiro atoms. The molecule has 110 valence electrons. The highest BCUT2D eigenvalue weighted by Crippen LogP contribution is 2.14. The fourth-order valence-electron chi connectivity index (χ4n) is 2.47. The van der Waals surface area contributed by atoms with Crippen LogP contribution in [0, 0.1) is 0 Å². The molecule has 0 radical (unpaired) electrons. The summed E-state index contributed by atoms with van der Waals surface area (Å²) in [5, 5.41) is 5.37. The third kappa shape index (κ3) is 3.91. The second kappa shape index (κ2) is 7.57. The van der Waals surface area contributed by atoms with Crippen LogP contribution in [0.4, 0.5) is 0 Å². The van der Waals surface area contributed by atoms with Gasteiger partial charge in [0.05, 0.1) is 12.6 Å². The molecule has 1 aliphatic rings. The Balaban J connectivity index is 1.99. The fraction of sp³-hybridized carbons (Fsp3) is 0.533. The zero-order valence-electron chi connectivity index (χ0n) is 12.0. The first-order valence-corrected chi connectivity index (χ1v) is 7.97. The van der Waals surface area contributed by atoms with Crippen LogP contribution in [0.15, 0.2) is 30.2 Å². The maximum atomic E-state index is 12.7. The van der Waals surface area contributed by atoms with E-state index in [4.69, 9.17) is 0 Å². The van der Waals surface area contributed by atoms with E-state index in [1.807, 2.05) is 23.3 Å². The van der Waals surface area contributed by atoms with Crippen LogP contribution >= 0.6 is 11.3 Å². The summed E-state index contributed by atoms with van der Waals surface area (Å²) in [7, 11) is 0. The van der Waals surface area contributed by atoms with Gasteiger partial charge < -0.3 is 10.2 Å². The standard InChI is InChI=1S/C15H23N3OS/c1-3-8-18(12-14-5-4-11-20-14)15(19)13(2)17-9-6-16-7-10-17/h3-5,11,13,16H,1,6-10,12H2,2H3. The van der Waals surface area contributed by atoms with Crippen LogP contribution in [0.25, 0.3) is 0 Å². The van der Waals surface area contributed by atoms with Crippen molar-refractivity contribution in [2.24, 2.45) is 0 Å². The molecule has 0 aromatic carbocycles. The van der Waals surface area contributed by atoms with Crippen molar-refractivity contribution in [1.82, 2.24) is 15.1 Å². The van der Waals surface area contributed by atoms with E-state index in [-0.39, 0.29) is 11.9 Å². The molecule has 20 heavy (non-hydrogen) atoms. The number of amides is 1. The van der Waals surface area contributed by atoms with E-state index in [2.05, 4.69) is 22.9 Å². The summed E-state index contributed by atoms with van der Waals surface area (Å²) < 4.78 is 0. The third-order valence-electron chi connectivity index (χ3n) is 3.64. The van der Waals surface area contributed by atoms with Crippen LogP contribution in [0.5, 0.6) is 0 Å². The van der Waals surface area contributed by atoms with Gasteiger partial charge in [0.15, 0.2) is 0 Å². The van der Waals surface area contributed by atoms with E-state index in [1.54, 1.807) is 17.4 Å². The Morgan fingerprint density at radius 3 is 2.95 bits per heavy atom. The maximum absolute atomic E-state index is 12.7. The average molecular weight is 293 g/mol. The zero-order valence-corrected chi connectivity index (χ0v) is 12.9. The minimum atomic E-state index is -0.0583. The van der Waals surface area contributed by atoms with E-state index in [1.165, 1.54) is 4.88 Å². The van der Waals surface area contributed by atoms with E-state index >= 15 is 0 Å². The summed E-state index contributed by atoms with van der Waals surface area (Å²) in [5.74, 6) is 0.195. The van der Waals surface area contributed by atoms with E-state index in [0.29, 0.717) is 13.1 Å². The lowest BCUT2D eigenvalue weighted by Gasteiger charge is -2.34. The number of hydrogen-bond donors (Lipinski definition) is 1. The van der Waals surface area contributed by atoms with Crippen LogP contribution < -0.4 is 5.32 Å². The second-order valence-corrected chi connectivity index (χ2v) is 6.08. The minimum absolute atomic E-state index is 0.0583. The fourth-order valence-corrected chi connectivity index (χ4v) is 3.19. The van der Waals surface area contributed by atoms with Crippen molar-refractivity contribution < 1.29 is 4.79 Å². The Morgan fingerprint density at radius 1 is 1.60 bits per heavy atom. The van der Waals surface area contributed by atoms with E-state index in [0.717, 1.165) is 26.2 Å². The lowest BCUT2D eigenvalue weighted by Crippen LogP contribution is -2.53. The van der Waals surface area contributed by atoms with Gasteiger partial charge in [-0.25, -0.2) is 0 Å². The predicted octanol–water partition coefficient (Wildman–Crippen LogP) is 1.56. The molecule has 0 bridgehead atoms. The number of thiophene rings is 1. The summed E-state index contributed by atoms with van der Waals surface area (Å²) >= 11 is 1.69. The van der Waals surface area contributed by atoms with Gasteiger partial charge in [-0.3, -0.25) is 9.69 Å². The lowest BCUT2D eigenvalue weighted by atomic mass is 10.2. The molecular weight excluding hydrogens is 270 g/mol. The highest BCUT2D eigenvalue weighted by Gasteiger charge is 2.26. The molecule has 1 unspecified atom stereocenters. The van der Waals surface area contributed by atoms with Crippen LogP contribution in [0.2, 0.25) is 0 Å². The van der Waals surface area contributed by atoms with Crippen LogP contribution in [0.1, 0.15) is 11.8 Å². The van der Waals surface area contributed by atoms with Crippen molar-refractivity contribution in [3.8, 4) is 0 Å². The molecule has 1 aromatic rings. The molecule has 1 aliphatic heterocycles. The molecule has 1 atom stereocenters. The van der Waals surface area contributed by atoms with Gasteiger partial charge in [0.25, 0.3) is 0 Å². The molecule has 1 amide bonds. The SMILES string of the molecule is C=CCN(Cc1cccs1)C(=O)C(C)N1CCNCC1. The molecule has 5 heteroatoms. The van der Waals surface area contributed by atoms with Gasteiger partial charge in [-0.05, 0) is 18.4 Å². The molecule has 1 saturated heterocycles. The molecule has 4 nitrogen and oxygen atoms in total. The van der Waals surface area contributed by atoms with Crippen molar-refractivity contribution in [2.45, 2.75) is 19.5 Å². The van der Waals surface area contributed by atoms with Gasteiger partial charge in [0.1, 0.15) is 0 Å². The van der Waals surface area contributed by atoms with Gasteiger partial charge in [-0.15, -0.1) is 17.9 Å². The summed E-state index contributed by atoms with van der Waals surface area (Å²) in [6.45, 7) is 10.9. The Kier molecular flexibility index (Phi) is 5.76.